The highest BCUT2D eigenvalue weighted by Gasteiger charge is 2.35. The van der Waals surface area contributed by atoms with E-state index in [1.807, 2.05) is 60.7 Å². The summed E-state index contributed by atoms with van der Waals surface area (Å²) >= 11 is 0. The molecule has 2 fully saturated rings. The molecule has 3 aromatic heterocycles. The maximum Gasteiger partial charge on any atom is 0.230 e. The predicted octanol–water partition coefficient (Wildman–Crippen LogP) is 5.12. The minimum absolute atomic E-state index is 0.127. The first-order valence-corrected chi connectivity index (χ1v) is 13.5. The Morgan fingerprint density at radius 2 is 1.79 bits per heavy atom. The van der Waals surface area contributed by atoms with Gasteiger partial charge in [-0.15, -0.1) is 0 Å². The van der Waals surface area contributed by atoms with Crippen LogP contribution in [0.4, 0.5) is 11.5 Å². The zero-order valence-corrected chi connectivity index (χ0v) is 22.6. The first-order chi connectivity index (χ1) is 18.8. The summed E-state index contributed by atoms with van der Waals surface area (Å²) in [7, 11) is 0. The van der Waals surface area contributed by atoms with Crippen molar-refractivity contribution in [1.82, 2.24) is 15.0 Å². The number of ether oxygens (including phenoxy) is 2. The molecule has 0 bridgehead atoms. The molecular weight excluding hydrogens is 490 g/mol. The van der Waals surface area contributed by atoms with Crippen LogP contribution in [0.25, 0.3) is 22.3 Å². The molecule has 8 nitrogen and oxygen atoms in total. The van der Waals surface area contributed by atoms with E-state index in [9.17, 15) is 4.79 Å². The molecule has 6 rings (SSSR count). The summed E-state index contributed by atoms with van der Waals surface area (Å²) in [5.41, 5.74) is 4.59. The van der Waals surface area contributed by atoms with Crippen LogP contribution in [0.3, 0.4) is 0 Å². The number of carbonyl (C=O) groups excluding carboxylic acids is 1. The number of amides is 1. The molecule has 2 aliphatic heterocycles. The Kier molecular flexibility index (Phi) is 6.74. The van der Waals surface area contributed by atoms with Crippen molar-refractivity contribution in [3.05, 3.63) is 78.1 Å². The predicted molar refractivity (Wildman–Crippen MR) is 152 cm³/mol. The highest BCUT2D eigenvalue weighted by molar-refractivity contribution is 5.92. The van der Waals surface area contributed by atoms with Gasteiger partial charge in [-0.2, -0.15) is 0 Å². The van der Waals surface area contributed by atoms with Gasteiger partial charge in [-0.05, 0) is 68.8 Å². The minimum Gasteiger partial charge on any atom is -0.372 e. The smallest absolute Gasteiger partial charge is 0.230 e. The molecule has 1 N–H and O–H groups in total. The van der Waals surface area contributed by atoms with Gasteiger partial charge in [0.15, 0.2) is 0 Å². The normalized spacial score (nSPS) is 22.9. The van der Waals surface area contributed by atoms with E-state index in [0.717, 1.165) is 65.5 Å². The Morgan fingerprint density at radius 3 is 2.56 bits per heavy atom. The zero-order valence-electron chi connectivity index (χ0n) is 22.6. The van der Waals surface area contributed by atoms with Gasteiger partial charge in [0.25, 0.3) is 0 Å². The quantitative estimate of drug-likeness (QED) is 0.375. The van der Waals surface area contributed by atoms with Gasteiger partial charge in [0, 0.05) is 36.8 Å². The Morgan fingerprint density at radius 1 is 1.03 bits per heavy atom. The van der Waals surface area contributed by atoms with Crippen molar-refractivity contribution in [3.63, 3.8) is 0 Å². The minimum atomic E-state index is -0.266. The second-order valence-electron chi connectivity index (χ2n) is 10.7. The number of hydrogen-bond acceptors (Lipinski definition) is 7. The van der Waals surface area contributed by atoms with Crippen LogP contribution in [0.5, 0.6) is 0 Å². The van der Waals surface area contributed by atoms with Crippen LogP contribution in [0.2, 0.25) is 0 Å². The lowest BCUT2D eigenvalue weighted by atomic mass is 9.88. The van der Waals surface area contributed by atoms with E-state index in [0.29, 0.717) is 5.69 Å². The topological polar surface area (TPSA) is 89.5 Å². The second-order valence-corrected chi connectivity index (χ2v) is 10.7. The Hall–Kier alpha value is -3.88. The first kappa shape index (κ1) is 25.4. The number of morpholine rings is 1. The van der Waals surface area contributed by atoms with E-state index in [1.165, 1.54) is 0 Å². The number of aromatic nitrogens is 3. The fourth-order valence-corrected chi connectivity index (χ4v) is 5.34. The number of carbonyl (C=O) groups is 1. The molecule has 0 radical (unpaired) electrons. The number of nitrogens with one attached hydrogen (secondary N) is 1. The average molecular weight is 524 g/mol. The number of nitrogens with zero attached hydrogens (tertiary/aromatic N) is 4. The summed E-state index contributed by atoms with van der Waals surface area (Å²) in [4.78, 5) is 29.4. The molecule has 200 valence electrons. The van der Waals surface area contributed by atoms with E-state index in [1.54, 1.807) is 6.20 Å². The monoisotopic (exact) mass is 523 g/mol. The fourth-order valence-electron chi connectivity index (χ4n) is 5.34. The number of hydrogen-bond donors (Lipinski definition) is 1. The van der Waals surface area contributed by atoms with Gasteiger partial charge in [0.05, 0.1) is 53.4 Å². The molecule has 0 saturated carbocycles. The average Bonchev–Trinajstić information content (AvgIpc) is 2.91. The molecule has 1 aromatic carbocycles. The van der Waals surface area contributed by atoms with Gasteiger partial charge in [-0.3, -0.25) is 9.78 Å². The van der Waals surface area contributed by atoms with Crippen molar-refractivity contribution in [3.8, 4) is 11.4 Å². The number of benzene rings is 1. The molecule has 2 aliphatic rings. The maximum atomic E-state index is 12.9. The summed E-state index contributed by atoms with van der Waals surface area (Å²) in [5.74, 6) is 0.795. The van der Waals surface area contributed by atoms with Crippen LogP contribution in [-0.4, -0.2) is 52.8 Å². The highest BCUT2D eigenvalue weighted by Crippen LogP contribution is 2.37. The van der Waals surface area contributed by atoms with E-state index >= 15 is 0 Å². The molecule has 8 heteroatoms. The fraction of sp³-hybridized carbons (Fsp3) is 0.355. The Bertz CT molecular complexity index is 1510. The number of rotatable bonds is 6. The molecule has 5 heterocycles. The van der Waals surface area contributed by atoms with Gasteiger partial charge in [-0.1, -0.05) is 18.2 Å². The van der Waals surface area contributed by atoms with Crippen LogP contribution in [0, 0.1) is 0 Å². The molecule has 1 amide bonds. The van der Waals surface area contributed by atoms with Crippen LogP contribution in [0.1, 0.15) is 38.4 Å². The highest BCUT2D eigenvalue weighted by atomic mass is 16.5. The van der Waals surface area contributed by atoms with E-state index in [-0.39, 0.29) is 30.1 Å². The molecule has 0 aliphatic carbocycles. The summed E-state index contributed by atoms with van der Waals surface area (Å²) in [6, 6.07) is 19.7. The molecule has 39 heavy (non-hydrogen) atoms. The first-order valence-electron chi connectivity index (χ1n) is 13.5. The van der Waals surface area contributed by atoms with Crippen molar-refractivity contribution >= 4 is 28.3 Å². The third-order valence-electron chi connectivity index (χ3n) is 7.47. The van der Waals surface area contributed by atoms with Crippen molar-refractivity contribution in [2.75, 3.05) is 29.9 Å². The van der Waals surface area contributed by atoms with Crippen LogP contribution in [0.15, 0.2) is 66.9 Å². The lowest BCUT2D eigenvalue weighted by Crippen LogP contribution is -2.45. The molecule has 4 aromatic rings. The summed E-state index contributed by atoms with van der Waals surface area (Å²) in [5, 5.41) is 3.91. The molecule has 1 unspecified atom stereocenters. The van der Waals surface area contributed by atoms with Crippen molar-refractivity contribution in [2.24, 2.45) is 0 Å². The van der Waals surface area contributed by atoms with Gasteiger partial charge in [-0.25, -0.2) is 9.97 Å². The number of anilines is 2. The standard InChI is InChI=1S/C31H33N5O3/c1-20-18-36(19-21(2)39-20)29-9-5-8-26(35-29)27-11-10-22-17-32-25(15-28(22)34-27)16-30(37)33-24-7-4-6-23(14-24)31(3)12-13-38-31/h4-11,14-15,17,20-21H,12-13,16,18-19H2,1-3H3,(H,33,37)/t20-,21+,31?. The molecule has 0 spiro atoms. The Labute approximate surface area is 228 Å². The van der Waals surface area contributed by atoms with Crippen molar-refractivity contribution < 1.29 is 14.3 Å². The Balaban J connectivity index is 1.18. The zero-order chi connectivity index (χ0) is 27.0. The van der Waals surface area contributed by atoms with Gasteiger partial charge in [0.1, 0.15) is 5.82 Å². The summed E-state index contributed by atoms with van der Waals surface area (Å²) in [6.45, 7) is 8.63. The van der Waals surface area contributed by atoms with Crippen LogP contribution in [-0.2, 0) is 26.3 Å². The number of pyridine rings is 3. The van der Waals surface area contributed by atoms with Crippen molar-refractivity contribution in [2.45, 2.75) is 51.4 Å². The van der Waals surface area contributed by atoms with Gasteiger partial charge in [0.2, 0.25) is 5.91 Å². The lowest BCUT2D eigenvalue weighted by Gasteiger charge is -2.39. The lowest BCUT2D eigenvalue weighted by molar-refractivity contribution is -0.140. The molecular formula is C31H33N5O3. The summed E-state index contributed by atoms with van der Waals surface area (Å²) in [6.07, 6.45) is 3.22. The third-order valence-corrected chi connectivity index (χ3v) is 7.47. The van der Waals surface area contributed by atoms with Crippen molar-refractivity contribution in [1.29, 1.82) is 0 Å². The van der Waals surface area contributed by atoms with E-state index in [2.05, 4.69) is 36.0 Å². The molecule has 3 atom stereocenters. The SMILES string of the molecule is C[C@@H]1CN(c2cccc(-c3ccc4cnc(CC(=O)Nc5cccc(C6(C)CCO6)c5)cc4n3)n2)C[C@H](C)O1. The van der Waals surface area contributed by atoms with Crippen LogP contribution < -0.4 is 10.2 Å². The second kappa shape index (κ2) is 10.4. The van der Waals surface area contributed by atoms with Gasteiger partial charge < -0.3 is 19.7 Å². The maximum absolute atomic E-state index is 12.9. The number of fused-ring (bicyclic) bond motifs is 1. The van der Waals surface area contributed by atoms with E-state index in [4.69, 9.17) is 19.4 Å². The molecule has 2 saturated heterocycles. The van der Waals surface area contributed by atoms with Gasteiger partial charge >= 0.3 is 0 Å². The third kappa shape index (κ3) is 5.48. The van der Waals surface area contributed by atoms with Crippen LogP contribution >= 0.6 is 0 Å². The largest absolute Gasteiger partial charge is 0.372 e. The summed E-state index contributed by atoms with van der Waals surface area (Å²) < 4.78 is 11.6. The van der Waals surface area contributed by atoms with E-state index < -0.39 is 0 Å².